The summed E-state index contributed by atoms with van der Waals surface area (Å²) in [5.74, 6) is 0.513. The summed E-state index contributed by atoms with van der Waals surface area (Å²) in [6.07, 6.45) is 1.63. The van der Waals surface area contributed by atoms with E-state index in [4.69, 9.17) is 22.1 Å². The minimum absolute atomic E-state index is 0.159. The lowest BCUT2D eigenvalue weighted by Crippen LogP contribution is -2.26. The molecule has 0 unspecified atom stereocenters. The van der Waals surface area contributed by atoms with E-state index in [0.717, 1.165) is 11.3 Å². The van der Waals surface area contributed by atoms with Gasteiger partial charge >= 0.3 is 0 Å². The number of benzene rings is 2. The van der Waals surface area contributed by atoms with Crippen LogP contribution in [0.25, 0.3) is 11.1 Å². The van der Waals surface area contributed by atoms with E-state index in [-0.39, 0.29) is 5.91 Å². The van der Waals surface area contributed by atoms with Crippen molar-refractivity contribution in [3.8, 4) is 11.1 Å². The molecule has 0 radical (unpaired) electrons. The number of aromatic nitrogens is 2. The molecule has 0 saturated carbocycles. The fourth-order valence-corrected chi connectivity index (χ4v) is 2.78. The zero-order valence-electron chi connectivity index (χ0n) is 15.3. The van der Waals surface area contributed by atoms with Crippen LogP contribution in [0.3, 0.4) is 0 Å². The number of carbonyl (C=O) groups excluding carboxylic acids is 1. The predicted octanol–water partition coefficient (Wildman–Crippen LogP) is 3.50. The molecule has 0 fully saturated rings. The Morgan fingerprint density at radius 2 is 1.89 bits per heavy atom. The fraction of sp³-hybridized carbons (Fsp3) is 0.150. The lowest BCUT2D eigenvalue weighted by atomic mass is 10.1. The van der Waals surface area contributed by atoms with Crippen LogP contribution >= 0.6 is 11.6 Å². The Morgan fingerprint density at radius 1 is 1.14 bits per heavy atom. The molecule has 7 nitrogen and oxygen atoms in total. The highest BCUT2D eigenvalue weighted by Crippen LogP contribution is 2.31. The highest BCUT2D eigenvalue weighted by molar-refractivity contribution is 6.33. The average molecular weight is 398 g/mol. The van der Waals surface area contributed by atoms with Crippen LogP contribution in [0.5, 0.6) is 0 Å². The molecule has 1 aromatic heterocycles. The molecule has 0 aliphatic heterocycles. The summed E-state index contributed by atoms with van der Waals surface area (Å²) in [4.78, 5) is 20.6. The lowest BCUT2D eigenvalue weighted by molar-refractivity contribution is 0.0937. The molecule has 4 N–H and O–H groups in total. The molecule has 1 heterocycles. The van der Waals surface area contributed by atoms with Gasteiger partial charge in [-0.2, -0.15) is 4.98 Å². The number of nitrogens with two attached hydrogens (primary N) is 1. The van der Waals surface area contributed by atoms with Crippen molar-refractivity contribution in [2.75, 3.05) is 31.3 Å². The van der Waals surface area contributed by atoms with Gasteiger partial charge in [0, 0.05) is 47.3 Å². The van der Waals surface area contributed by atoms with E-state index in [1.54, 1.807) is 43.6 Å². The number of methoxy groups -OCH3 is 1. The van der Waals surface area contributed by atoms with E-state index < -0.39 is 0 Å². The van der Waals surface area contributed by atoms with Gasteiger partial charge in [0.2, 0.25) is 5.95 Å². The zero-order valence-corrected chi connectivity index (χ0v) is 16.0. The molecule has 144 valence electrons. The smallest absolute Gasteiger partial charge is 0.251 e. The second kappa shape index (κ2) is 9.16. The summed E-state index contributed by atoms with van der Waals surface area (Å²) in [5, 5.41) is 6.42. The van der Waals surface area contributed by atoms with Crippen molar-refractivity contribution in [1.29, 1.82) is 0 Å². The summed E-state index contributed by atoms with van der Waals surface area (Å²) in [6, 6.07) is 14.3. The molecule has 0 atom stereocenters. The van der Waals surface area contributed by atoms with E-state index in [1.807, 2.05) is 18.2 Å². The summed E-state index contributed by atoms with van der Waals surface area (Å²) < 4.78 is 4.91. The molecule has 0 aliphatic rings. The maximum Gasteiger partial charge on any atom is 0.251 e. The third-order valence-electron chi connectivity index (χ3n) is 3.98. The minimum Gasteiger partial charge on any atom is -0.383 e. The first kappa shape index (κ1) is 19.6. The second-order valence-corrected chi connectivity index (χ2v) is 6.33. The van der Waals surface area contributed by atoms with E-state index >= 15 is 0 Å². The van der Waals surface area contributed by atoms with Crippen molar-refractivity contribution in [1.82, 2.24) is 15.3 Å². The van der Waals surface area contributed by atoms with Gasteiger partial charge in [-0.3, -0.25) is 4.79 Å². The Morgan fingerprint density at radius 3 is 2.57 bits per heavy atom. The van der Waals surface area contributed by atoms with Gasteiger partial charge in [0.1, 0.15) is 5.82 Å². The van der Waals surface area contributed by atoms with Gasteiger partial charge in [-0.25, -0.2) is 4.98 Å². The van der Waals surface area contributed by atoms with E-state index in [9.17, 15) is 4.79 Å². The van der Waals surface area contributed by atoms with Crippen molar-refractivity contribution in [2.24, 2.45) is 0 Å². The summed E-state index contributed by atoms with van der Waals surface area (Å²) in [6.45, 7) is 0.925. The van der Waals surface area contributed by atoms with Gasteiger partial charge < -0.3 is 21.1 Å². The molecule has 0 spiro atoms. The fourth-order valence-electron chi connectivity index (χ4n) is 2.55. The number of rotatable bonds is 7. The number of nitrogens with one attached hydrogen (secondary N) is 2. The van der Waals surface area contributed by atoms with Crippen molar-refractivity contribution < 1.29 is 9.53 Å². The molecule has 0 bridgehead atoms. The lowest BCUT2D eigenvalue weighted by Gasteiger charge is -2.10. The Labute approximate surface area is 167 Å². The van der Waals surface area contributed by atoms with Crippen molar-refractivity contribution in [3.63, 3.8) is 0 Å². The molecule has 0 saturated heterocycles. The third kappa shape index (κ3) is 4.76. The molecular weight excluding hydrogens is 378 g/mol. The van der Waals surface area contributed by atoms with Gasteiger partial charge in [-0.15, -0.1) is 0 Å². The van der Waals surface area contributed by atoms with Gasteiger partial charge in [0.15, 0.2) is 0 Å². The van der Waals surface area contributed by atoms with Crippen molar-refractivity contribution >= 4 is 35.0 Å². The molecule has 2 aromatic carbocycles. The Bertz CT molecular complexity index is 963. The first-order valence-corrected chi connectivity index (χ1v) is 8.98. The number of hydrogen-bond donors (Lipinski definition) is 3. The number of carbonyl (C=O) groups is 1. The number of nitrogen functional groups attached to an aromatic ring is 1. The highest BCUT2D eigenvalue weighted by atomic mass is 35.5. The number of nitrogens with zero attached hydrogens (tertiary/aromatic N) is 2. The molecule has 8 heteroatoms. The van der Waals surface area contributed by atoms with Gasteiger partial charge in [-0.05, 0) is 30.3 Å². The van der Waals surface area contributed by atoms with Crippen molar-refractivity contribution in [2.45, 2.75) is 0 Å². The van der Waals surface area contributed by atoms with Crippen molar-refractivity contribution in [3.05, 3.63) is 65.3 Å². The zero-order chi connectivity index (χ0) is 19.9. The van der Waals surface area contributed by atoms with Crippen LogP contribution in [-0.4, -0.2) is 36.1 Å². The number of halogens is 1. The van der Waals surface area contributed by atoms with Crippen LogP contribution in [0.4, 0.5) is 17.5 Å². The highest BCUT2D eigenvalue weighted by Gasteiger charge is 2.10. The van der Waals surface area contributed by atoms with Crippen LogP contribution in [-0.2, 0) is 4.74 Å². The topological polar surface area (TPSA) is 102 Å². The molecule has 3 aromatic rings. The maximum atomic E-state index is 12.0. The van der Waals surface area contributed by atoms with E-state index in [0.29, 0.717) is 41.1 Å². The number of anilines is 3. The van der Waals surface area contributed by atoms with E-state index in [2.05, 4.69) is 20.6 Å². The Kier molecular flexibility index (Phi) is 6.41. The molecule has 0 aliphatic carbocycles. The summed E-state index contributed by atoms with van der Waals surface area (Å²) in [7, 11) is 1.59. The predicted molar refractivity (Wildman–Crippen MR) is 111 cm³/mol. The SMILES string of the molecule is COCCNC(=O)c1ccc(Nc2ncc(-c3ccccc3Cl)c(N)n2)cc1. The first-order valence-electron chi connectivity index (χ1n) is 8.60. The largest absolute Gasteiger partial charge is 0.383 e. The summed E-state index contributed by atoms with van der Waals surface area (Å²) in [5.41, 5.74) is 8.81. The minimum atomic E-state index is -0.159. The van der Waals surface area contributed by atoms with Crippen LogP contribution < -0.4 is 16.4 Å². The first-order chi connectivity index (χ1) is 13.6. The molecule has 1 amide bonds. The third-order valence-corrected chi connectivity index (χ3v) is 4.31. The second-order valence-electron chi connectivity index (χ2n) is 5.92. The maximum absolute atomic E-state index is 12.0. The number of hydrogen-bond acceptors (Lipinski definition) is 6. The summed E-state index contributed by atoms with van der Waals surface area (Å²) >= 11 is 6.21. The molecule has 28 heavy (non-hydrogen) atoms. The normalized spacial score (nSPS) is 10.5. The quantitative estimate of drug-likeness (QED) is 0.527. The van der Waals surface area contributed by atoms with Crippen LogP contribution in [0.2, 0.25) is 5.02 Å². The van der Waals surface area contributed by atoms with E-state index in [1.165, 1.54) is 0 Å². The average Bonchev–Trinajstić information content (AvgIpc) is 2.70. The number of amides is 1. The van der Waals surface area contributed by atoms with Crippen LogP contribution in [0.15, 0.2) is 54.7 Å². The van der Waals surface area contributed by atoms with Gasteiger partial charge in [0.05, 0.1) is 6.61 Å². The molecule has 3 rings (SSSR count). The monoisotopic (exact) mass is 397 g/mol. The molecular formula is C20H20ClN5O2. The Hall–Kier alpha value is -3.16. The van der Waals surface area contributed by atoms with Gasteiger partial charge in [0.25, 0.3) is 5.91 Å². The Balaban J connectivity index is 1.70. The standard InChI is InChI=1S/C20H20ClN5O2/c1-28-11-10-23-19(27)13-6-8-14(9-7-13)25-20-24-12-16(18(22)26-20)15-4-2-3-5-17(15)21/h2-9,12H,10-11H2,1H3,(H,23,27)(H3,22,24,25,26). The number of ether oxygens (including phenoxy) is 1. The van der Waals surface area contributed by atoms with Crippen LogP contribution in [0, 0.1) is 0 Å². The van der Waals surface area contributed by atoms with Gasteiger partial charge in [-0.1, -0.05) is 29.8 Å². The van der Waals surface area contributed by atoms with Crippen LogP contribution in [0.1, 0.15) is 10.4 Å².